The van der Waals surface area contributed by atoms with Crippen molar-refractivity contribution in [1.82, 2.24) is 14.5 Å². The largest absolute Gasteiger partial charge is 0.338 e. The van der Waals surface area contributed by atoms with Crippen LogP contribution in [0.1, 0.15) is 40.7 Å². The average molecular weight is 535 g/mol. The Morgan fingerprint density at radius 3 is 2.50 bits per heavy atom. The molecule has 0 saturated heterocycles. The highest BCUT2D eigenvalue weighted by molar-refractivity contribution is 6.31. The standard InChI is InChI=1S/C30H32ClFN4O2/c1-20-8-10-23(11-9-20)29(37)35(15-14-27(32)33)18-21(2)16-28-34-26-17-24(31)12-13-25(26)30(38)36(28)19-22-6-4-3-5-7-22/h3-13,17,21,27H,14-16,18-19,33H2,1-2H3. The Labute approximate surface area is 226 Å². The SMILES string of the molecule is Cc1ccc(C(=O)N(CCC(N)F)CC(C)Cc2nc3cc(Cl)ccc3c(=O)n2Cc2ccccc2)cc1. The number of carbonyl (C=O) groups excluding carboxylic acids is 1. The molecule has 3 aromatic carbocycles. The van der Waals surface area contributed by atoms with Crippen LogP contribution in [-0.2, 0) is 13.0 Å². The molecule has 38 heavy (non-hydrogen) atoms. The van der Waals surface area contributed by atoms with Crippen LogP contribution >= 0.6 is 11.6 Å². The van der Waals surface area contributed by atoms with Gasteiger partial charge in [0, 0.05) is 36.5 Å². The van der Waals surface area contributed by atoms with Crippen molar-refractivity contribution >= 4 is 28.4 Å². The highest BCUT2D eigenvalue weighted by atomic mass is 35.5. The fourth-order valence-corrected chi connectivity index (χ4v) is 4.68. The van der Waals surface area contributed by atoms with Crippen molar-refractivity contribution in [3.63, 3.8) is 0 Å². The number of aryl methyl sites for hydroxylation is 1. The molecule has 4 aromatic rings. The van der Waals surface area contributed by atoms with E-state index in [0.29, 0.717) is 46.8 Å². The number of nitrogens with two attached hydrogens (primary N) is 1. The van der Waals surface area contributed by atoms with Crippen LogP contribution in [-0.4, -0.2) is 39.7 Å². The molecule has 0 aliphatic rings. The fourth-order valence-electron chi connectivity index (χ4n) is 4.51. The van der Waals surface area contributed by atoms with Crippen molar-refractivity contribution in [2.75, 3.05) is 13.1 Å². The Hall–Kier alpha value is -3.55. The Kier molecular flexibility index (Phi) is 8.92. The van der Waals surface area contributed by atoms with E-state index in [4.69, 9.17) is 22.3 Å². The lowest BCUT2D eigenvalue weighted by Crippen LogP contribution is -2.38. The average Bonchev–Trinajstić information content (AvgIpc) is 2.89. The van der Waals surface area contributed by atoms with Gasteiger partial charge in [0.25, 0.3) is 11.5 Å². The number of hydrogen-bond donors (Lipinski definition) is 1. The maximum Gasteiger partial charge on any atom is 0.261 e. The molecular formula is C30H32ClFN4O2. The normalized spacial score (nSPS) is 12.9. The van der Waals surface area contributed by atoms with Crippen LogP contribution in [0.4, 0.5) is 4.39 Å². The Morgan fingerprint density at radius 1 is 1.11 bits per heavy atom. The molecule has 0 saturated carbocycles. The lowest BCUT2D eigenvalue weighted by Gasteiger charge is -2.27. The second-order valence-electron chi connectivity index (χ2n) is 9.80. The number of fused-ring (bicyclic) bond motifs is 1. The number of amides is 1. The zero-order valence-electron chi connectivity index (χ0n) is 21.6. The topological polar surface area (TPSA) is 81.2 Å². The number of benzene rings is 3. The lowest BCUT2D eigenvalue weighted by molar-refractivity contribution is 0.0716. The van der Waals surface area contributed by atoms with E-state index in [1.165, 1.54) is 0 Å². The van der Waals surface area contributed by atoms with Crippen LogP contribution in [0.5, 0.6) is 0 Å². The molecule has 0 radical (unpaired) electrons. The van der Waals surface area contributed by atoms with Gasteiger partial charge in [-0.25, -0.2) is 9.37 Å². The van der Waals surface area contributed by atoms with Gasteiger partial charge in [-0.3, -0.25) is 14.2 Å². The Balaban J connectivity index is 1.64. The van der Waals surface area contributed by atoms with Gasteiger partial charge in [0.05, 0.1) is 17.4 Å². The van der Waals surface area contributed by atoms with Crippen molar-refractivity contribution in [1.29, 1.82) is 0 Å². The number of alkyl halides is 1. The first kappa shape index (κ1) is 27.5. The van der Waals surface area contributed by atoms with Crippen molar-refractivity contribution < 1.29 is 9.18 Å². The summed E-state index contributed by atoms with van der Waals surface area (Å²) in [6.45, 7) is 4.86. The molecule has 2 atom stereocenters. The number of nitrogens with zero attached hydrogens (tertiary/aromatic N) is 3. The lowest BCUT2D eigenvalue weighted by atomic mass is 10.0. The van der Waals surface area contributed by atoms with E-state index in [2.05, 4.69) is 0 Å². The second kappa shape index (κ2) is 12.3. The summed E-state index contributed by atoms with van der Waals surface area (Å²) in [5.41, 5.74) is 8.32. The summed E-state index contributed by atoms with van der Waals surface area (Å²) < 4.78 is 15.2. The Bertz CT molecular complexity index is 1460. The third kappa shape index (κ3) is 6.85. The van der Waals surface area contributed by atoms with Crippen molar-refractivity contribution in [2.45, 2.75) is 39.5 Å². The van der Waals surface area contributed by atoms with Gasteiger partial charge in [-0.15, -0.1) is 0 Å². The Morgan fingerprint density at radius 2 is 1.82 bits per heavy atom. The molecule has 2 unspecified atom stereocenters. The quantitative estimate of drug-likeness (QED) is 0.277. The van der Waals surface area contributed by atoms with Gasteiger partial charge in [-0.05, 0) is 48.7 Å². The van der Waals surface area contributed by atoms with Gasteiger partial charge < -0.3 is 10.6 Å². The zero-order valence-corrected chi connectivity index (χ0v) is 22.4. The molecule has 0 aliphatic heterocycles. The first-order chi connectivity index (χ1) is 18.2. The minimum Gasteiger partial charge on any atom is -0.338 e. The number of hydrogen-bond acceptors (Lipinski definition) is 4. The smallest absolute Gasteiger partial charge is 0.261 e. The molecule has 8 heteroatoms. The van der Waals surface area contributed by atoms with Gasteiger partial charge in [-0.1, -0.05) is 66.6 Å². The zero-order chi connectivity index (χ0) is 27.2. The van der Waals surface area contributed by atoms with Crippen LogP contribution in [0.15, 0.2) is 77.6 Å². The molecule has 2 N–H and O–H groups in total. The van der Waals surface area contributed by atoms with E-state index in [1.54, 1.807) is 39.8 Å². The molecule has 4 rings (SSSR count). The first-order valence-corrected chi connectivity index (χ1v) is 13.1. The fraction of sp³-hybridized carbons (Fsp3) is 0.300. The highest BCUT2D eigenvalue weighted by Gasteiger charge is 2.21. The van der Waals surface area contributed by atoms with Crippen LogP contribution in [0.3, 0.4) is 0 Å². The minimum atomic E-state index is -1.51. The summed E-state index contributed by atoms with van der Waals surface area (Å²) >= 11 is 6.20. The van der Waals surface area contributed by atoms with Gasteiger partial charge in [0.2, 0.25) is 0 Å². The summed E-state index contributed by atoms with van der Waals surface area (Å²) in [7, 11) is 0. The van der Waals surface area contributed by atoms with Crippen molar-refractivity contribution in [3.8, 4) is 0 Å². The van der Waals surface area contributed by atoms with Crippen molar-refractivity contribution in [3.05, 3.63) is 111 Å². The van der Waals surface area contributed by atoms with Gasteiger partial charge in [0.1, 0.15) is 12.1 Å². The number of aromatic nitrogens is 2. The van der Waals surface area contributed by atoms with Crippen LogP contribution in [0, 0.1) is 12.8 Å². The third-order valence-electron chi connectivity index (χ3n) is 6.50. The molecule has 6 nitrogen and oxygen atoms in total. The van der Waals surface area contributed by atoms with Crippen LogP contribution in [0.2, 0.25) is 5.02 Å². The monoisotopic (exact) mass is 534 g/mol. The van der Waals surface area contributed by atoms with E-state index < -0.39 is 6.30 Å². The van der Waals surface area contributed by atoms with Gasteiger partial charge in [0.15, 0.2) is 0 Å². The number of halogens is 2. The molecule has 1 aromatic heterocycles. The van der Waals surface area contributed by atoms with E-state index >= 15 is 0 Å². The number of carbonyl (C=O) groups is 1. The predicted octanol–water partition coefficient (Wildman–Crippen LogP) is 5.37. The molecule has 198 valence electrons. The molecule has 0 spiro atoms. The van der Waals surface area contributed by atoms with E-state index in [9.17, 15) is 14.0 Å². The summed E-state index contributed by atoms with van der Waals surface area (Å²) in [5.74, 6) is 0.342. The van der Waals surface area contributed by atoms with Gasteiger partial charge in [-0.2, -0.15) is 0 Å². The highest BCUT2D eigenvalue weighted by Crippen LogP contribution is 2.19. The molecule has 0 fully saturated rings. The predicted molar refractivity (Wildman–Crippen MR) is 150 cm³/mol. The van der Waals surface area contributed by atoms with E-state index in [0.717, 1.165) is 11.1 Å². The second-order valence-corrected chi connectivity index (χ2v) is 10.2. The minimum absolute atomic E-state index is 0.0375. The van der Waals surface area contributed by atoms with Crippen molar-refractivity contribution in [2.24, 2.45) is 11.7 Å². The van der Waals surface area contributed by atoms with E-state index in [1.807, 2.05) is 56.3 Å². The summed E-state index contributed by atoms with van der Waals surface area (Å²) in [5, 5.41) is 0.997. The maximum absolute atomic E-state index is 13.5. The number of rotatable bonds is 10. The van der Waals surface area contributed by atoms with E-state index in [-0.39, 0.29) is 30.3 Å². The molecule has 1 amide bonds. The maximum atomic E-state index is 13.5. The molecule has 0 bridgehead atoms. The summed E-state index contributed by atoms with van der Waals surface area (Å²) in [6.07, 6.45) is -1.04. The summed E-state index contributed by atoms with van der Waals surface area (Å²) in [4.78, 5) is 33.3. The van der Waals surface area contributed by atoms with Crippen LogP contribution in [0.25, 0.3) is 10.9 Å². The first-order valence-electron chi connectivity index (χ1n) is 12.7. The molecule has 0 aliphatic carbocycles. The molecule has 1 heterocycles. The van der Waals surface area contributed by atoms with Crippen LogP contribution < -0.4 is 11.3 Å². The summed E-state index contributed by atoms with van der Waals surface area (Å²) in [6, 6.07) is 22.1. The van der Waals surface area contributed by atoms with Gasteiger partial charge >= 0.3 is 0 Å². The third-order valence-corrected chi connectivity index (χ3v) is 6.74. The molecular weight excluding hydrogens is 503 g/mol.